The highest BCUT2D eigenvalue weighted by Crippen LogP contribution is 2.23. The van der Waals surface area contributed by atoms with E-state index in [1.807, 2.05) is 0 Å². The maximum absolute atomic E-state index is 12.4. The number of anilines is 1. The number of hydrogen-bond donors (Lipinski definition) is 0. The van der Waals surface area contributed by atoms with Gasteiger partial charge in [-0.05, 0) is 37.3 Å². The first-order chi connectivity index (χ1) is 12.0. The maximum atomic E-state index is 12.4. The number of carbonyl (C=O) groups is 1. The van der Waals surface area contributed by atoms with E-state index in [0.717, 1.165) is 45.7 Å². The Morgan fingerprint density at radius 2 is 1.84 bits per heavy atom. The van der Waals surface area contributed by atoms with Crippen LogP contribution in [0.4, 0.5) is 5.69 Å². The molecule has 2 aliphatic rings. The van der Waals surface area contributed by atoms with Crippen LogP contribution in [0.15, 0.2) is 24.3 Å². The molecule has 1 unspecified atom stereocenters. The van der Waals surface area contributed by atoms with Crippen LogP contribution in [0.25, 0.3) is 0 Å². The largest absolute Gasteiger partial charge is 0.369 e. The molecule has 0 spiro atoms. The average Bonchev–Trinajstić information content (AvgIpc) is 2.62. The first-order valence-corrected chi connectivity index (χ1v) is 9.87. The lowest BCUT2D eigenvalue weighted by Crippen LogP contribution is -2.56. The highest BCUT2D eigenvalue weighted by molar-refractivity contribution is 5.76. The number of likely N-dealkylation sites (tertiary alicyclic amines) is 1. The Balaban J connectivity index is 1.54. The van der Waals surface area contributed by atoms with Crippen LogP contribution in [0.1, 0.15) is 38.7 Å². The van der Waals surface area contributed by atoms with Crippen molar-refractivity contribution in [2.75, 3.05) is 44.2 Å². The van der Waals surface area contributed by atoms with E-state index in [4.69, 9.17) is 0 Å². The maximum Gasteiger partial charge on any atom is 0.222 e. The van der Waals surface area contributed by atoms with Crippen molar-refractivity contribution in [1.82, 2.24) is 9.80 Å². The molecule has 2 aliphatic heterocycles. The van der Waals surface area contributed by atoms with Crippen molar-refractivity contribution in [2.45, 2.75) is 46.1 Å². The number of aryl methyl sites for hydroxylation is 1. The number of piperazine rings is 1. The van der Waals surface area contributed by atoms with Gasteiger partial charge in [0, 0.05) is 57.4 Å². The first kappa shape index (κ1) is 18.2. The molecule has 138 valence electrons. The number of hydrogen-bond acceptors (Lipinski definition) is 3. The van der Waals surface area contributed by atoms with E-state index >= 15 is 0 Å². The Morgan fingerprint density at radius 1 is 1.12 bits per heavy atom. The highest BCUT2D eigenvalue weighted by Gasteiger charge is 2.30. The third-order valence-electron chi connectivity index (χ3n) is 5.62. The number of amides is 1. The molecule has 4 nitrogen and oxygen atoms in total. The number of carbonyl (C=O) groups excluding carboxylic acids is 1. The SMILES string of the molecule is Cc1ccccc1N1CCN(C2CCCN(C(=O)CC(C)C)C2)CC1. The molecule has 2 saturated heterocycles. The van der Waals surface area contributed by atoms with Gasteiger partial charge in [-0.1, -0.05) is 32.0 Å². The Hall–Kier alpha value is -1.55. The summed E-state index contributed by atoms with van der Waals surface area (Å²) in [7, 11) is 0. The summed E-state index contributed by atoms with van der Waals surface area (Å²) in [4.78, 5) is 19.6. The summed E-state index contributed by atoms with van der Waals surface area (Å²) in [6.07, 6.45) is 3.07. The van der Waals surface area contributed by atoms with Gasteiger partial charge in [0.1, 0.15) is 0 Å². The molecule has 0 aliphatic carbocycles. The monoisotopic (exact) mass is 343 g/mol. The fraction of sp³-hybridized carbons (Fsp3) is 0.667. The van der Waals surface area contributed by atoms with Crippen molar-refractivity contribution in [3.63, 3.8) is 0 Å². The van der Waals surface area contributed by atoms with E-state index in [2.05, 4.69) is 59.7 Å². The summed E-state index contributed by atoms with van der Waals surface area (Å²) in [5.74, 6) is 0.795. The van der Waals surface area contributed by atoms with Gasteiger partial charge in [0.05, 0.1) is 0 Å². The van der Waals surface area contributed by atoms with Gasteiger partial charge in [0.25, 0.3) is 0 Å². The Bertz CT molecular complexity index is 578. The lowest BCUT2D eigenvalue weighted by atomic mass is 10.0. The second-order valence-corrected chi connectivity index (χ2v) is 8.04. The molecule has 1 amide bonds. The van der Waals surface area contributed by atoms with Crippen LogP contribution in [0.2, 0.25) is 0 Å². The zero-order valence-corrected chi connectivity index (χ0v) is 16.1. The van der Waals surface area contributed by atoms with Gasteiger partial charge in [-0.2, -0.15) is 0 Å². The molecule has 0 bridgehead atoms. The molecule has 0 radical (unpaired) electrons. The zero-order chi connectivity index (χ0) is 17.8. The lowest BCUT2D eigenvalue weighted by Gasteiger charge is -2.44. The zero-order valence-electron chi connectivity index (χ0n) is 16.1. The predicted molar refractivity (Wildman–Crippen MR) is 104 cm³/mol. The number of benzene rings is 1. The summed E-state index contributed by atoms with van der Waals surface area (Å²) < 4.78 is 0. The van der Waals surface area contributed by atoms with Crippen molar-refractivity contribution in [1.29, 1.82) is 0 Å². The van der Waals surface area contributed by atoms with E-state index in [0.29, 0.717) is 24.3 Å². The summed E-state index contributed by atoms with van der Waals surface area (Å²) in [6, 6.07) is 9.22. The minimum absolute atomic E-state index is 0.346. The molecule has 1 aromatic carbocycles. The van der Waals surface area contributed by atoms with E-state index < -0.39 is 0 Å². The van der Waals surface area contributed by atoms with Gasteiger partial charge in [-0.3, -0.25) is 9.69 Å². The van der Waals surface area contributed by atoms with E-state index in [1.54, 1.807) is 0 Å². The highest BCUT2D eigenvalue weighted by atomic mass is 16.2. The van der Waals surface area contributed by atoms with Crippen LogP contribution in [0.3, 0.4) is 0 Å². The van der Waals surface area contributed by atoms with Crippen LogP contribution in [-0.2, 0) is 4.79 Å². The molecule has 1 atom stereocenters. The summed E-state index contributed by atoms with van der Waals surface area (Å²) in [6.45, 7) is 12.7. The quantitative estimate of drug-likeness (QED) is 0.840. The third-order valence-corrected chi connectivity index (χ3v) is 5.62. The Kier molecular flexibility index (Phi) is 6.00. The van der Waals surface area contributed by atoms with Crippen LogP contribution in [-0.4, -0.2) is 61.0 Å². The predicted octanol–water partition coefficient (Wildman–Crippen LogP) is 3.15. The molecule has 4 heteroatoms. The van der Waals surface area contributed by atoms with Crippen molar-refractivity contribution >= 4 is 11.6 Å². The molecular weight excluding hydrogens is 310 g/mol. The minimum Gasteiger partial charge on any atom is -0.369 e. The molecule has 0 saturated carbocycles. The molecule has 0 aromatic heterocycles. The Labute approximate surface area is 152 Å². The van der Waals surface area contributed by atoms with E-state index in [-0.39, 0.29) is 0 Å². The number of rotatable bonds is 4. The molecule has 0 N–H and O–H groups in total. The minimum atomic E-state index is 0.346. The van der Waals surface area contributed by atoms with Gasteiger partial charge >= 0.3 is 0 Å². The standard InChI is InChI=1S/C21H33N3O/c1-17(2)15-21(25)24-10-6-8-19(16-24)22-11-13-23(14-12-22)20-9-5-4-7-18(20)3/h4-5,7,9,17,19H,6,8,10-16H2,1-3H3. The second-order valence-electron chi connectivity index (χ2n) is 8.04. The molecule has 2 fully saturated rings. The van der Waals surface area contributed by atoms with Crippen LogP contribution in [0.5, 0.6) is 0 Å². The number of piperidine rings is 1. The smallest absolute Gasteiger partial charge is 0.222 e. The van der Waals surface area contributed by atoms with Gasteiger partial charge in [0.2, 0.25) is 5.91 Å². The Morgan fingerprint density at radius 3 is 2.52 bits per heavy atom. The third kappa shape index (κ3) is 4.55. The van der Waals surface area contributed by atoms with Crippen LogP contribution < -0.4 is 4.90 Å². The normalized spacial score (nSPS) is 22.5. The average molecular weight is 344 g/mol. The lowest BCUT2D eigenvalue weighted by molar-refractivity contribution is -0.134. The first-order valence-electron chi connectivity index (χ1n) is 9.87. The second kappa shape index (κ2) is 8.22. The summed E-state index contributed by atoms with van der Waals surface area (Å²) in [5, 5.41) is 0. The summed E-state index contributed by atoms with van der Waals surface area (Å²) >= 11 is 0. The summed E-state index contributed by atoms with van der Waals surface area (Å²) in [5.41, 5.74) is 2.73. The topological polar surface area (TPSA) is 26.8 Å². The molecule has 3 rings (SSSR count). The molecule has 1 aromatic rings. The van der Waals surface area contributed by atoms with Crippen molar-refractivity contribution < 1.29 is 4.79 Å². The van der Waals surface area contributed by atoms with Gasteiger partial charge in [-0.25, -0.2) is 0 Å². The number of para-hydroxylation sites is 1. The van der Waals surface area contributed by atoms with Gasteiger partial charge in [-0.15, -0.1) is 0 Å². The van der Waals surface area contributed by atoms with Crippen LogP contribution >= 0.6 is 0 Å². The molecule has 25 heavy (non-hydrogen) atoms. The van der Waals surface area contributed by atoms with Gasteiger partial charge < -0.3 is 9.80 Å². The molecule has 2 heterocycles. The van der Waals surface area contributed by atoms with E-state index in [9.17, 15) is 4.79 Å². The van der Waals surface area contributed by atoms with Crippen molar-refractivity contribution in [2.24, 2.45) is 5.92 Å². The fourth-order valence-corrected chi connectivity index (χ4v) is 4.20. The molecular formula is C21H33N3O. The van der Waals surface area contributed by atoms with Crippen molar-refractivity contribution in [3.05, 3.63) is 29.8 Å². The fourth-order valence-electron chi connectivity index (χ4n) is 4.20. The van der Waals surface area contributed by atoms with Crippen LogP contribution in [0, 0.1) is 12.8 Å². The van der Waals surface area contributed by atoms with Gasteiger partial charge in [0.15, 0.2) is 0 Å². The van der Waals surface area contributed by atoms with E-state index in [1.165, 1.54) is 17.7 Å². The number of nitrogens with zero attached hydrogens (tertiary/aromatic N) is 3. The van der Waals surface area contributed by atoms with Crippen molar-refractivity contribution in [3.8, 4) is 0 Å².